The molecule has 2 aliphatic heterocycles. The fourth-order valence-corrected chi connectivity index (χ4v) is 3.44. The van der Waals surface area contributed by atoms with Crippen molar-refractivity contribution < 1.29 is 24.4 Å². The lowest BCUT2D eigenvalue weighted by atomic mass is 10.1. The van der Waals surface area contributed by atoms with Crippen molar-refractivity contribution in [1.82, 2.24) is 4.90 Å². The molecule has 0 spiro atoms. The topological polar surface area (TPSA) is 110 Å². The Morgan fingerprint density at radius 2 is 2.13 bits per heavy atom. The van der Waals surface area contributed by atoms with Gasteiger partial charge in [0.1, 0.15) is 12.4 Å². The van der Waals surface area contributed by atoms with Gasteiger partial charge in [-0.2, -0.15) is 0 Å². The maximum atomic E-state index is 12.1. The van der Waals surface area contributed by atoms with Crippen LogP contribution < -0.4 is 0 Å². The number of nitro benzene ring substituents is 1. The van der Waals surface area contributed by atoms with E-state index in [2.05, 4.69) is 0 Å². The number of hydrogen-bond donors (Lipinski definition) is 1. The molecule has 1 N–H and O–H groups in total. The van der Waals surface area contributed by atoms with E-state index in [1.165, 1.54) is 40.9 Å². The van der Waals surface area contributed by atoms with E-state index in [9.17, 15) is 24.8 Å². The Morgan fingerprint density at radius 3 is 2.74 bits per heavy atom. The monoisotopic (exact) mass is 336 g/mol. The van der Waals surface area contributed by atoms with Crippen molar-refractivity contribution in [3.8, 4) is 0 Å². The number of aliphatic hydroxyl groups excluding tert-OH is 1. The summed E-state index contributed by atoms with van der Waals surface area (Å²) in [5.41, 5.74) is 0.409. The summed E-state index contributed by atoms with van der Waals surface area (Å²) in [6.45, 7) is -0.104. The zero-order valence-corrected chi connectivity index (χ0v) is 12.6. The lowest BCUT2D eigenvalue weighted by molar-refractivity contribution is -0.384. The highest BCUT2D eigenvalue weighted by atomic mass is 32.2. The van der Waals surface area contributed by atoms with Crippen molar-refractivity contribution in [3.05, 3.63) is 51.4 Å². The van der Waals surface area contributed by atoms with Gasteiger partial charge >= 0.3 is 5.97 Å². The van der Waals surface area contributed by atoms with E-state index in [-0.39, 0.29) is 40.8 Å². The SMILES string of the molecule is O=C(OCc1ccc([N+](=O)[O-])cc1)C1=C(O)CS[C@@H]2CC(=O)N12. The number of fused-ring (bicyclic) bond motifs is 1. The Bertz CT molecular complexity index is 714. The molecule has 1 amide bonds. The largest absolute Gasteiger partial charge is 0.509 e. The summed E-state index contributed by atoms with van der Waals surface area (Å²) < 4.78 is 5.11. The molecule has 8 nitrogen and oxygen atoms in total. The van der Waals surface area contributed by atoms with E-state index < -0.39 is 10.9 Å². The molecule has 3 rings (SSSR count). The number of carbonyl (C=O) groups excluding carboxylic acids is 2. The molecule has 120 valence electrons. The summed E-state index contributed by atoms with van der Waals surface area (Å²) in [5, 5.41) is 20.3. The molecule has 23 heavy (non-hydrogen) atoms. The molecule has 0 aliphatic carbocycles. The molecule has 0 unspecified atom stereocenters. The van der Waals surface area contributed by atoms with Gasteiger partial charge in [0.25, 0.3) is 5.69 Å². The zero-order valence-electron chi connectivity index (χ0n) is 11.8. The van der Waals surface area contributed by atoms with Crippen LogP contribution in [0.1, 0.15) is 12.0 Å². The molecule has 1 aromatic rings. The van der Waals surface area contributed by atoms with E-state index >= 15 is 0 Å². The Balaban J connectivity index is 1.67. The van der Waals surface area contributed by atoms with Gasteiger partial charge in [0.2, 0.25) is 5.91 Å². The molecular weight excluding hydrogens is 324 g/mol. The lowest BCUT2D eigenvalue weighted by Crippen LogP contribution is -2.54. The number of ether oxygens (including phenoxy) is 1. The van der Waals surface area contributed by atoms with Crippen molar-refractivity contribution in [2.24, 2.45) is 0 Å². The zero-order chi connectivity index (χ0) is 16.6. The van der Waals surface area contributed by atoms with Crippen LogP contribution in [0.5, 0.6) is 0 Å². The van der Waals surface area contributed by atoms with Crippen LogP contribution in [0, 0.1) is 10.1 Å². The fraction of sp³-hybridized carbons (Fsp3) is 0.286. The normalized spacial score (nSPS) is 19.9. The standard InChI is InChI=1S/C14H12N2O6S/c17-10-7-23-12-5-11(18)15(12)13(10)14(19)22-6-8-1-3-9(4-2-8)16(20)21/h1-4,12,17H,5-7H2/t12-/m1/s1. The average Bonchev–Trinajstić information content (AvgIpc) is 2.53. The molecule has 0 saturated carbocycles. The quantitative estimate of drug-likeness (QED) is 0.386. The molecule has 0 radical (unpaired) electrons. The van der Waals surface area contributed by atoms with Crippen LogP contribution in [0.4, 0.5) is 5.69 Å². The maximum absolute atomic E-state index is 12.1. The van der Waals surface area contributed by atoms with Crippen LogP contribution in [-0.2, 0) is 20.9 Å². The predicted octanol–water partition coefficient (Wildman–Crippen LogP) is 1.71. The molecule has 2 aliphatic rings. The molecule has 0 bridgehead atoms. The molecule has 1 aromatic carbocycles. The number of esters is 1. The molecular formula is C14H12N2O6S. The number of rotatable bonds is 4. The van der Waals surface area contributed by atoms with E-state index in [1.54, 1.807) is 0 Å². The molecule has 0 aromatic heterocycles. The molecule has 1 atom stereocenters. The number of carbonyl (C=O) groups is 2. The number of nitro groups is 1. The first kappa shape index (κ1) is 15.3. The fourth-order valence-electron chi connectivity index (χ4n) is 2.32. The second-order valence-corrected chi connectivity index (χ2v) is 6.19. The summed E-state index contributed by atoms with van der Waals surface area (Å²) in [4.78, 5) is 35.0. The van der Waals surface area contributed by atoms with Crippen LogP contribution in [0.3, 0.4) is 0 Å². The van der Waals surface area contributed by atoms with E-state index in [1.807, 2.05) is 0 Å². The van der Waals surface area contributed by atoms with Crippen molar-refractivity contribution in [3.63, 3.8) is 0 Å². The van der Waals surface area contributed by atoms with Crippen molar-refractivity contribution in [2.75, 3.05) is 5.75 Å². The maximum Gasteiger partial charge on any atom is 0.358 e. The Hall–Kier alpha value is -2.55. The Labute approximate surface area is 134 Å². The number of hydrogen-bond acceptors (Lipinski definition) is 7. The molecule has 9 heteroatoms. The highest BCUT2D eigenvalue weighted by Crippen LogP contribution is 2.39. The number of aliphatic hydroxyl groups is 1. The minimum atomic E-state index is -0.779. The first-order valence-electron chi connectivity index (χ1n) is 6.73. The van der Waals surface area contributed by atoms with E-state index in [4.69, 9.17) is 4.74 Å². The van der Waals surface area contributed by atoms with Crippen molar-refractivity contribution in [1.29, 1.82) is 0 Å². The van der Waals surface area contributed by atoms with Gasteiger partial charge in [0, 0.05) is 12.1 Å². The van der Waals surface area contributed by atoms with Crippen LogP contribution in [0.25, 0.3) is 0 Å². The van der Waals surface area contributed by atoms with Crippen LogP contribution >= 0.6 is 11.8 Å². The minimum absolute atomic E-state index is 0.0567. The van der Waals surface area contributed by atoms with Gasteiger partial charge in [-0.1, -0.05) is 0 Å². The third kappa shape index (κ3) is 2.87. The second kappa shape index (κ2) is 5.92. The second-order valence-electron chi connectivity index (χ2n) is 5.03. The highest BCUT2D eigenvalue weighted by molar-refractivity contribution is 8.00. The van der Waals surface area contributed by atoms with Gasteiger partial charge in [-0.05, 0) is 17.7 Å². The van der Waals surface area contributed by atoms with Gasteiger partial charge in [-0.15, -0.1) is 11.8 Å². The first-order valence-corrected chi connectivity index (χ1v) is 7.78. The van der Waals surface area contributed by atoms with Gasteiger partial charge in [-0.25, -0.2) is 4.79 Å². The van der Waals surface area contributed by atoms with E-state index in [0.717, 1.165) is 0 Å². The molecule has 2 heterocycles. The smallest absolute Gasteiger partial charge is 0.358 e. The highest BCUT2D eigenvalue weighted by Gasteiger charge is 2.46. The number of nitrogens with zero attached hydrogens (tertiary/aromatic N) is 2. The lowest BCUT2D eigenvalue weighted by Gasteiger charge is -2.43. The minimum Gasteiger partial charge on any atom is -0.509 e. The summed E-state index contributed by atoms with van der Waals surface area (Å²) >= 11 is 1.39. The third-order valence-electron chi connectivity index (χ3n) is 3.54. The van der Waals surface area contributed by atoms with Crippen LogP contribution in [0.2, 0.25) is 0 Å². The summed E-state index contributed by atoms with van der Waals surface area (Å²) in [6.07, 6.45) is 0.344. The van der Waals surface area contributed by atoms with Crippen LogP contribution in [0.15, 0.2) is 35.7 Å². The van der Waals surface area contributed by atoms with Crippen molar-refractivity contribution >= 4 is 29.3 Å². The van der Waals surface area contributed by atoms with Crippen molar-refractivity contribution in [2.45, 2.75) is 18.4 Å². The van der Waals surface area contributed by atoms with Gasteiger partial charge in [0.05, 0.1) is 22.5 Å². The number of non-ortho nitro benzene ring substituents is 1. The number of thioether (sulfide) groups is 1. The third-order valence-corrected chi connectivity index (χ3v) is 4.75. The number of β-lactam (4-membered cyclic amide) rings is 1. The van der Waals surface area contributed by atoms with E-state index in [0.29, 0.717) is 12.0 Å². The number of benzene rings is 1. The van der Waals surface area contributed by atoms with Gasteiger partial charge < -0.3 is 9.84 Å². The summed E-state index contributed by atoms with van der Waals surface area (Å²) in [5.74, 6) is -0.917. The summed E-state index contributed by atoms with van der Waals surface area (Å²) in [6, 6.07) is 5.58. The van der Waals surface area contributed by atoms with Gasteiger partial charge in [0.15, 0.2) is 5.70 Å². The summed E-state index contributed by atoms with van der Waals surface area (Å²) in [7, 11) is 0. The Kier molecular flexibility index (Phi) is 3.95. The predicted molar refractivity (Wildman–Crippen MR) is 80.3 cm³/mol. The molecule has 1 saturated heterocycles. The first-order chi connectivity index (χ1) is 11.0. The average molecular weight is 336 g/mol. The van der Waals surface area contributed by atoms with Crippen LogP contribution in [-0.4, -0.2) is 37.9 Å². The Morgan fingerprint density at radius 1 is 1.43 bits per heavy atom. The number of amides is 1. The van der Waals surface area contributed by atoms with Gasteiger partial charge in [-0.3, -0.25) is 19.8 Å². The molecule has 1 fully saturated rings.